The summed E-state index contributed by atoms with van der Waals surface area (Å²) in [7, 11) is 1.91. The van der Waals surface area contributed by atoms with Crippen LogP contribution in [0.3, 0.4) is 0 Å². The third-order valence-electron chi connectivity index (χ3n) is 5.04. The molecule has 30 heavy (non-hydrogen) atoms. The maximum Gasteiger partial charge on any atom is 0.167 e. The van der Waals surface area contributed by atoms with Crippen LogP contribution in [-0.2, 0) is 6.42 Å². The summed E-state index contributed by atoms with van der Waals surface area (Å²) in [6.07, 6.45) is 0.591. The fraction of sp³-hybridized carbons (Fsp3) is 0.217. The van der Waals surface area contributed by atoms with Crippen LogP contribution >= 0.6 is 12.4 Å². The number of aliphatic hydroxyl groups is 1. The molecular formula is C23H25ClN4O2. The number of aromatic nitrogens is 2. The Kier molecular flexibility index (Phi) is 7.05. The van der Waals surface area contributed by atoms with Crippen molar-refractivity contribution in [1.82, 2.24) is 10.1 Å². The van der Waals surface area contributed by atoms with Gasteiger partial charge in [0.05, 0.1) is 6.61 Å². The first-order chi connectivity index (χ1) is 14.2. The van der Waals surface area contributed by atoms with Crippen molar-refractivity contribution in [3.63, 3.8) is 0 Å². The van der Waals surface area contributed by atoms with Gasteiger partial charge in [0.25, 0.3) is 0 Å². The second kappa shape index (κ2) is 9.71. The number of halogens is 1. The Morgan fingerprint density at radius 3 is 2.63 bits per heavy atom. The van der Waals surface area contributed by atoms with Gasteiger partial charge in [0.1, 0.15) is 11.5 Å². The minimum Gasteiger partial charge on any atom is -0.395 e. The Morgan fingerprint density at radius 1 is 1.03 bits per heavy atom. The highest BCUT2D eigenvalue weighted by molar-refractivity contribution is 5.92. The summed E-state index contributed by atoms with van der Waals surface area (Å²) in [5.74, 6) is 0.819. The number of hydrogen-bond acceptors (Lipinski definition) is 6. The van der Waals surface area contributed by atoms with Crippen LogP contribution in [0, 0.1) is 0 Å². The molecule has 2 aromatic heterocycles. The van der Waals surface area contributed by atoms with E-state index in [0.717, 1.165) is 39.3 Å². The van der Waals surface area contributed by atoms with E-state index in [1.807, 2.05) is 78.7 Å². The molecule has 2 heterocycles. The molecule has 156 valence electrons. The number of fused-ring (bicyclic) bond motifs is 1. The number of likely N-dealkylation sites (N-methyl/N-ethyl adjacent to an activating group) is 1. The lowest BCUT2D eigenvalue weighted by molar-refractivity contribution is 0.304. The first kappa shape index (κ1) is 21.8. The van der Waals surface area contributed by atoms with Gasteiger partial charge in [-0.1, -0.05) is 47.6 Å². The number of anilines is 1. The van der Waals surface area contributed by atoms with Gasteiger partial charge in [-0.25, -0.2) is 4.98 Å². The number of pyridine rings is 1. The Hall–Kier alpha value is -2.93. The zero-order valence-corrected chi connectivity index (χ0v) is 17.5. The van der Waals surface area contributed by atoms with Crippen LogP contribution in [0.4, 0.5) is 5.82 Å². The predicted octanol–water partition coefficient (Wildman–Crippen LogP) is 3.98. The van der Waals surface area contributed by atoms with Gasteiger partial charge in [-0.05, 0) is 29.8 Å². The number of hydrogen-bond donors (Lipinski definition) is 2. The zero-order chi connectivity index (χ0) is 20.2. The second-order valence-corrected chi connectivity index (χ2v) is 7.06. The first-order valence-electron chi connectivity index (χ1n) is 9.64. The molecule has 0 saturated heterocycles. The summed E-state index contributed by atoms with van der Waals surface area (Å²) in [6, 6.07) is 21.5. The summed E-state index contributed by atoms with van der Waals surface area (Å²) in [5.41, 5.74) is 11.0. The lowest BCUT2D eigenvalue weighted by Gasteiger charge is -2.19. The van der Waals surface area contributed by atoms with Crippen molar-refractivity contribution in [2.45, 2.75) is 12.5 Å². The quantitative estimate of drug-likeness (QED) is 0.466. The predicted molar refractivity (Wildman–Crippen MR) is 122 cm³/mol. The van der Waals surface area contributed by atoms with E-state index in [0.29, 0.717) is 13.0 Å². The molecular weight excluding hydrogens is 400 g/mol. The highest BCUT2D eigenvalue weighted by Crippen LogP contribution is 2.33. The lowest BCUT2D eigenvalue weighted by atomic mass is 9.94. The van der Waals surface area contributed by atoms with Gasteiger partial charge in [0, 0.05) is 42.7 Å². The standard InChI is InChI=1S/C23H24N4O2.ClH/c1-27(13-14-28)22-12-6-7-16(25-22)15-20(24)17-8-2-3-9-18(17)23-19-10-4-5-11-21(19)29-26-23;/h2-12,20,28H,13-15,24H2,1H3;1H/t20-;/m0./s1. The Morgan fingerprint density at radius 2 is 1.80 bits per heavy atom. The van der Waals surface area contributed by atoms with Crippen molar-refractivity contribution >= 4 is 29.2 Å². The topological polar surface area (TPSA) is 88.4 Å². The SMILES string of the molecule is CN(CCO)c1cccc(C[C@H](N)c2ccccc2-c2noc3ccccc23)n1.Cl. The van der Waals surface area contributed by atoms with Crippen molar-refractivity contribution in [3.05, 3.63) is 78.0 Å². The monoisotopic (exact) mass is 424 g/mol. The number of para-hydroxylation sites is 1. The van der Waals surface area contributed by atoms with Crippen molar-refractivity contribution in [2.75, 3.05) is 25.1 Å². The number of nitrogens with zero attached hydrogens (tertiary/aromatic N) is 3. The molecule has 0 radical (unpaired) electrons. The van der Waals surface area contributed by atoms with Crippen LogP contribution in [0.5, 0.6) is 0 Å². The fourth-order valence-corrected chi connectivity index (χ4v) is 3.51. The largest absolute Gasteiger partial charge is 0.395 e. The Bertz CT molecular complexity index is 1120. The molecule has 0 bridgehead atoms. The third kappa shape index (κ3) is 4.46. The minimum absolute atomic E-state index is 0. The van der Waals surface area contributed by atoms with Crippen molar-refractivity contribution in [3.8, 4) is 11.3 Å². The van der Waals surface area contributed by atoms with Gasteiger partial charge in [-0.3, -0.25) is 0 Å². The molecule has 3 N–H and O–H groups in total. The molecule has 1 atom stereocenters. The molecule has 0 amide bonds. The van der Waals surface area contributed by atoms with Crippen LogP contribution in [0.25, 0.3) is 22.2 Å². The van der Waals surface area contributed by atoms with Gasteiger partial charge in [0.15, 0.2) is 5.58 Å². The number of benzene rings is 2. The van der Waals surface area contributed by atoms with E-state index < -0.39 is 0 Å². The Balaban J connectivity index is 0.00000256. The van der Waals surface area contributed by atoms with Crippen LogP contribution in [0.2, 0.25) is 0 Å². The summed E-state index contributed by atoms with van der Waals surface area (Å²) < 4.78 is 5.49. The van der Waals surface area contributed by atoms with Crippen LogP contribution in [0.1, 0.15) is 17.3 Å². The minimum atomic E-state index is -0.243. The average molecular weight is 425 g/mol. The van der Waals surface area contributed by atoms with Gasteiger partial charge in [-0.15, -0.1) is 12.4 Å². The molecule has 0 aliphatic heterocycles. The van der Waals surface area contributed by atoms with Gasteiger partial charge >= 0.3 is 0 Å². The van der Waals surface area contributed by atoms with E-state index >= 15 is 0 Å². The summed E-state index contributed by atoms with van der Waals surface area (Å²) >= 11 is 0. The van der Waals surface area contributed by atoms with Crippen molar-refractivity contribution < 1.29 is 9.63 Å². The van der Waals surface area contributed by atoms with E-state index in [1.54, 1.807) is 0 Å². The highest BCUT2D eigenvalue weighted by atomic mass is 35.5. The Labute approximate surface area is 181 Å². The van der Waals surface area contributed by atoms with E-state index in [9.17, 15) is 0 Å². The molecule has 7 heteroatoms. The molecule has 0 unspecified atom stereocenters. The number of nitrogens with two attached hydrogens (primary N) is 1. The summed E-state index contributed by atoms with van der Waals surface area (Å²) in [5, 5.41) is 14.4. The van der Waals surface area contributed by atoms with Crippen LogP contribution < -0.4 is 10.6 Å². The number of rotatable bonds is 7. The fourth-order valence-electron chi connectivity index (χ4n) is 3.51. The zero-order valence-electron chi connectivity index (χ0n) is 16.7. The summed E-state index contributed by atoms with van der Waals surface area (Å²) in [6.45, 7) is 0.617. The van der Waals surface area contributed by atoms with Gasteiger partial charge < -0.3 is 20.3 Å². The molecule has 0 spiro atoms. The average Bonchev–Trinajstić information content (AvgIpc) is 3.18. The molecule has 0 aliphatic carbocycles. The van der Waals surface area contributed by atoms with Gasteiger partial charge in [-0.2, -0.15) is 0 Å². The summed E-state index contributed by atoms with van der Waals surface area (Å²) in [4.78, 5) is 6.62. The molecule has 0 saturated carbocycles. The maximum absolute atomic E-state index is 9.15. The molecule has 2 aromatic carbocycles. The van der Waals surface area contributed by atoms with E-state index in [-0.39, 0.29) is 25.1 Å². The normalized spacial score (nSPS) is 11.8. The van der Waals surface area contributed by atoms with Gasteiger partial charge in [0.2, 0.25) is 0 Å². The molecule has 6 nitrogen and oxygen atoms in total. The molecule has 0 fully saturated rings. The first-order valence-corrected chi connectivity index (χ1v) is 9.64. The van der Waals surface area contributed by atoms with E-state index in [2.05, 4.69) is 5.16 Å². The van der Waals surface area contributed by atoms with Crippen LogP contribution in [0.15, 0.2) is 71.3 Å². The van der Waals surface area contributed by atoms with E-state index in [1.165, 1.54) is 0 Å². The lowest BCUT2D eigenvalue weighted by Crippen LogP contribution is -2.23. The molecule has 4 rings (SSSR count). The second-order valence-electron chi connectivity index (χ2n) is 7.06. The molecule has 4 aromatic rings. The van der Waals surface area contributed by atoms with E-state index in [4.69, 9.17) is 20.3 Å². The molecule has 0 aliphatic rings. The third-order valence-corrected chi connectivity index (χ3v) is 5.04. The van der Waals surface area contributed by atoms with Crippen molar-refractivity contribution in [2.24, 2.45) is 5.73 Å². The maximum atomic E-state index is 9.15. The van der Waals surface area contributed by atoms with Crippen LogP contribution in [-0.4, -0.2) is 35.4 Å². The van der Waals surface area contributed by atoms with Crippen molar-refractivity contribution in [1.29, 1.82) is 0 Å². The number of aliphatic hydroxyl groups excluding tert-OH is 1. The highest BCUT2D eigenvalue weighted by Gasteiger charge is 2.18. The smallest absolute Gasteiger partial charge is 0.167 e.